The molecule has 1 fully saturated rings. The Kier molecular flexibility index (Phi) is 5.42. The summed E-state index contributed by atoms with van der Waals surface area (Å²) in [6.45, 7) is 2.63. The van der Waals surface area contributed by atoms with Crippen LogP contribution in [0.3, 0.4) is 0 Å². The van der Waals surface area contributed by atoms with Crippen LogP contribution in [0.4, 0.5) is 0 Å². The van der Waals surface area contributed by atoms with Crippen LogP contribution in [0.1, 0.15) is 38.4 Å². The first-order valence-electron chi connectivity index (χ1n) is 7.10. The van der Waals surface area contributed by atoms with E-state index in [4.69, 9.17) is 5.73 Å². The summed E-state index contributed by atoms with van der Waals surface area (Å²) in [5.74, 6) is 1.98. The molecule has 1 aliphatic rings. The molecule has 1 heterocycles. The number of nitrogens with one attached hydrogen (secondary N) is 1. The van der Waals surface area contributed by atoms with Crippen molar-refractivity contribution in [3.8, 4) is 0 Å². The molecule has 1 aliphatic carbocycles. The van der Waals surface area contributed by atoms with E-state index in [1.165, 1.54) is 24.6 Å². The second kappa shape index (κ2) is 7.08. The average Bonchev–Trinajstić information content (AvgIpc) is 2.79. The molecule has 0 radical (unpaired) electrons. The lowest BCUT2D eigenvalue weighted by atomic mass is 9.87. The third-order valence-corrected chi connectivity index (χ3v) is 4.84. The molecule has 1 aromatic rings. The number of carbonyl (C=O) groups excluding carboxylic acids is 1. The van der Waals surface area contributed by atoms with Crippen molar-refractivity contribution < 1.29 is 4.79 Å². The van der Waals surface area contributed by atoms with E-state index < -0.39 is 0 Å². The SMILES string of the molecule is CC1CCC(NC(=O)CSc2nnc(CN)n2C)CC1. The maximum Gasteiger partial charge on any atom is 0.230 e. The van der Waals surface area contributed by atoms with Gasteiger partial charge in [-0.1, -0.05) is 18.7 Å². The van der Waals surface area contributed by atoms with Gasteiger partial charge in [-0.25, -0.2) is 0 Å². The van der Waals surface area contributed by atoms with E-state index in [-0.39, 0.29) is 5.91 Å². The Balaban J connectivity index is 1.76. The van der Waals surface area contributed by atoms with E-state index in [0.717, 1.165) is 29.7 Å². The Labute approximate surface area is 123 Å². The number of nitrogens with two attached hydrogens (primary N) is 1. The Hall–Kier alpha value is -1.08. The number of hydrogen-bond acceptors (Lipinski definition) is 5. The van der Waals surface area contributed by atoms with E-state index in [9.17, 15) is 4.79 Å². The predicted molar refractivity (Wildman–Crippen MR) is 79.2 cm³/mol. The molecular weight excluding hydrogens is 274 g/mol. The van der Waals surface area contributed by atoms with Crippen molar-refractivity contribution in [1.29, 1.82) is 0 Å². The molecule has 6 nitrogen and oxygen atoms in total. The third-order valence-electron chi connectivity index (χ3n) is 3.82. The number of nitrogens with zero attached hydrogens (tertiary/aromatic N) is 3. The fourth-order valence-electron chi connectivity index (χ4n) is 2.45. The van der Waals surface area contributed by atoms with E-state index in [0.29, 0.717) is 18.3 Å². The summed E-state index contributed by atoms with van der Waals surface area (Å²) in [5.41, 5.74) is 5.54. The van der Waals surface area contributed by atoms with Gasteiger partial charge in [-0.05, 0) is 31.6 Å². The van der Waals surface area contributed by atoms with Crippen LogP contribution in [0.25, 0.3) is 0 Å². The lowest BCUT2D eigenvalue weighted by Crippen LogP contribution is -2.38. The first-order chi connectivity index (χ1) is 9.60. The van der Waals surface area contributed by atoms with Crippen molar-refractivity contribution in [3.63, 3.8) is 0 Å². The molecule has 3 N–H and O–H groups in total. The minimum absolute atomic E-state index is 0.0758. The highest BCUT2D eigenvalue weighted by atomic mass is 32.2. The molecule has 112 valence electrons. The van der Waals surface area contributed by atoms with Gasteiger partial charge in [0, 0.05) is 13.1 Å². The van der Waals surface area contributed by atoms with Crippen molar-refractivity contribution >= 4 is 17.7 Å². The van der Waals surface area contributed by atoms with Gasteiger partial charge in [0.1, 0.15) is 5.82 Å². The highest BCUT2D eigenvalue weighted by molar-refractivity contribution is 7.99. The summed E-state index contributed by atoms with van der Waals surface area (Å²) in [4.78, 5) is 11.9. The van der Waals surface area contributed by atoms with E-state index >= 15 is 0 Å². The summed E-state index contributed by atoms with van der Waals surface area (Å²) in [6.07, 6.45) is 4.61. The number of aromatic nitrogens is 3. The van der Waals surface area contributed by atoms with E-state index in [1.807, 2.05) is 11.6 Å². The second-order valence-electron chi connectivity index (χ2n) is 5.47. The van der Waals surface area contributed by atoms with Crippen LogP contribution >= 0.6 is 11.8 Å². The van der Waals surface area contributed by atoms with Gasteiger partial charge in [0.25, 0.3) is 0 Å². The molecule has 7 heteroatoms. The lowest BCUT2D eigenvalue weighted by Gasteiger charge is -2.26. The fourth-order valence-corrected chi connectivity index (χ4v) is 3.19. The van der Waals surface area contributed by atoms with Crippen LogP contribution in [-0.2, 0) is 18.4 Å². The molecule has 0 bridgehead atoms. The Bertz CT molecular complexity index is 454. The van der Waals surface area contributed by atoms with Crippen molar-refractivity contribution in [2.75, 3.05) is 5.75 Å². The first kappa shape index (κ1) is 15.3. The minimum Gasteiger partial charge on any atom is -0.353 e. The van der Waals surface area contributed by atoms with Crippen molar-refractivity contribution in [2.45, 2.75) is 50.4 Å². The number of amides is 1. The smallest absolute Gasteiger partial charge is 0.230 e. The number of carbonyl (C=O) groups is 1. The normalized spacial score (nSPS) is 22.8. The summed E-state index contributed by atoms with van der Waals surface area (Å²) in [5, 5.41) is 11.8. The molecule has 0 aromatic carbocycles. The number of hydrogen-bond donors (Lipinski definition) is 2. The van der Waals surface area contributed by atoms with Crippen molar-refractivity contribution in [2.24, 2.45) is 18.7 Å². The standard InChI is InChI=1S/C13H23N5OS/c1-9-3-5-10(6-4-9)15-12(19)8-20-13-17-16-11(7-14)18(13)2/h9-10H,3-8,14H2,1-2H3,(H,15,19). The molecule has 0 saturated heterocycles. The molecule has 0 unspecified atom stereocenters. The molecule has 2 rings (SSSR count). The molecule has 0 aliphatic heterocycles. The second-order valence-corrected chi connectivity index (χ2v) is 6.42. The van der Waals surface area contributed by atoms with Gasteiger partial charge in [0.15, 0.2) is 5.16 Å². The third kappa shape index (κ3) is 3.96. The maximum absolute atomic E-state index is 11.9. The van der Waals surface area contributed by atoms with Crippen molar-refractivity contribution in [3.05, 3.63) is 5.82 Å². The Morgan fingerprint density at radius 1 is 1.40 bits per heavy atom. The zero-order valence-corrected chi connectivity index (χ0v) is 12.9. The molecule has 0 spiro atoms. The topological polar surface area (TPSA) is 85.8 Å². The average molecular weight is 297 g/mol. The van der Waals surface area contributed by atoms with Gasteiger partial charge in [0.05, 0.1) is 12.3 Å². The van der Waals surface area contributed by atoms with E-state index in [2.05, 4.69) is 22.4 Å². The monoisotopic (exact) mass is 297 g/mol. The fraction of sp³-hybridized carbons (Fsp3) is 0.769. The van der Waals surface area contributed by atoms with Gasteiger partial charge in [-0.2, -0.15) is 0 Å². The largest absolute Gasteiger partial charge is 0.353 e. The van der Waals surface area contributed by atoms with Crippen LogP contribution < -0.4 is 11.1 Å². The number of thioether (sulfide) groups is 1. The van der Waals surface area contributed by atoms with Gasteiger partial charge < -0.3 is 15.6 Å². The summed E-state index contributed by atoms with van der Waals surface area (Å²) in [6, 6.07) is 0.346. The predicted octanol–water partition coefficient (Wildman–Crippen LogP) is 1.06. The quantitative estimate of drug-likeness (QED) is 0.794. The van der Waals surface area contributed by atoms with Crippen LogP contribution in [-0.4, -0.2) is 32.5 Å². The van der Waals surface area contributed by atoms with Gasteiger partial charge in [0.2, 0.25) is 5.91 Å². The highest BCUT2D eigenvalue weighted by Crippen LogP contribution is 2.23. The van der Waals surface area contributed by atoms with Crippen LogP contribution in [0, 0.1) is 5.92 Å². The summed E-state index contributed by atoms with van der Waals surface area (Å²) in [7, 11) is 1.87. The molecule has 1 amide bonds. The minimum atomic E-state index is 0.0758. The highest BCUT2D eigenvalue weighted by Gasteiger charge is 2.20. The van der Waals surface area contributed by atoms with Gasteiger partial charge in [-0.15, -0.1) is 10.2 Å². The van der Waals surface area contributed by atoms with Gasteiger partial charge >= 0.3 is 0 Å². The zero-order chi connectivity index (χ0) is 14.5. The molecule has 20 heavy (non-hydrogen) atoms. The molecule has 1 saturated carbocycles. The van der Waals surface area contributed by atoms with Crippen LogP contribution in [0.15, 0.2) is 5.16 Å². The molecule has 0 atom stereocenters. The van der Waals surface area contributed by atoms with Crippen LogP contribution in [0.5, 0.6) is 0 Å². The summed E-state index contributed by atoms with van der Waals surface area (Å²) >= 11 is 1.40. The van der Waals surface area contributed by atoms with Crippen LogP contribution in [0.2, 0.25) is 0 Å². The van der Waals surface area contributed by atoms with Crippen molar-refractivity contribution in [1.82, 2.24) is 20.1 Å². The summed E-state index contributed by atoms with van der Waals surface area (Å²) < 4.78 is 1.83. The van der Waals surface area contributed by atoms with E-state index in [1.54, 1.807) is 0 Å². The molecular formula is C13H23N5OS. The van der Waals surface area contributed by atoms with Gasteiger partial charge in [-0.3, -0.25) is 4.79 Å². The zero-order valence-electron chi connectivity index (χ0n) is 12.1. The maximum atomic E-state index is 11.9. The number of rotatable bonds is 5. The first-order valence-corrected chi connectivity index (χ1v) is 8.09. The molecule has 1 aromatic heterocycles. The lowest BCUT2D eigenvalue weighted by molar-refractivity contribution is -0.119. The Morgan fingerprint density at radius 3 is 2.70 bits per heavy atom. The Morgan fingerprint density at radius 2 is 2.10 bits per heavy atom.